The number of rotatable bonds is 8. The van der Waals surface area contributed by atoms with Crippen LogP contribution in [0.3, 0.4) is 0 Å². The van der Waals surface area contributed by atoms with Gasteiger partial charge in [-0.1, -0.05) is 42.5 Å². The maximum absolute atomic E-state index is 9.06. The molecule has 0 heterocycles. The highest BCUT2D eigenvalue weighted by molar-refractivity contribution is 5.82. The average Bonchev–Trinajstić information content (AvgIpc) is 2.58. The summed E-state index contributed by atoms with van der Waals surface area (Å²) in [6, 6.07) is 15.7. The fourth-order valence-electron chi connectivity index (χ4n) is 3.15. The summed E-state index contributed by atoms with van der Waals surface area (Å²) in [4.78, 5) is 0. The third-order valence-electron chi connectivity index (χ3n) is 4.43. The summed E-state index contributed by atoms with van der Waals surface area (Å²) in [6.45, 7) is 0.153. The SMILES string of the molecule is OC(O)CNc1ccccc1C1=CC(c2ccccc2NCC(O)O)C1. The van der Waals surface area contributed by atoms with Crippen LogP contribution in [-0.4, -0.2) is 46.1 Å². The summed E-state index contributed by atoms with van der Waals surface area (Å²) in [6.07, 6.45) is 0.258. The Labute approximate surface area is 152 Å². The summed E-state index contributed by atoms with van der Waals surface area (Å²) in [5.41, 5.74) is 5.15. The predicted molar refractivity (Wildman–Crippen MR) is 102 cm³/mol. The van der Waals surface area contributed by atoms with Gasteiger partial charge in [-0.25, -0.2) is 0 Å². The Hall–Kier alpha value is -2.38. The monoisotopic (exact) mass is 356 g/mol. The molecule has 6 N–H and O–H groups in total. The van der Waals surface area contributed by atoms with Gasteiger partial charge in [0.05, 0.1) is 13.1 Å². The normalized spacial score (nSPS) is 16.4. The van der Waals surface area contributed by atoms with Crippen LogP contribution in [-0.2, 0) is 0 Å². The van der Waals surface area contributed by atoms with Crippen molar-refractivity contribution in [2.75, 3.05) is 23.7 Å². The van der Waals surface area contributed by atoms with E-state index in [9.17, 15) is 0 Å². The molecule has 0 saturated heterocycles. The highest BCUT2D eigenvalue weighted by atomic mass is 16.5. The molecule has 0 spiro atoms. The quantitative estimate of drug-likeness (QED) is 0.402. The van der Waals surface area contributed by atoms with E-state index < -0.39 is 12.6 Å². The van der Waals surface area contributed by atoms with Crippen LogP contribution < -0.4 is 10.6 Å². The predicted octanol–water partition coefficient (Wildman–Crippen LogP) is 1.70. The van der Waals surface area contributed by atoms with Crippen LogP contribution in [0.5, 0.6) is 0 Å². The van der Waals surface area contributed by atoms with Crippen molar-refractivity contribution in [3.05, 3.63) is 65.7 Å². The molecule has 1 atom stereocenters. The lowest BCUT2D eigenvalue weighted by molar-refractivity contribution is -0.0282. The number of aliphatic hydroxyl groups is 4. The van der Waals surface area contributed by atoms with E-state index >= 15 is 0 Å². The van der Waals surface area contributed by atoms with Gasteiger partial charge in [0.2, 0.25) is 0 Å². The van der Waals surface area contributed by atoms with Gasteiger partial charge in [0.15, 0.2) is 12.6 Å². The summed E-state index contributed by atoms with van der Waals surface area (Å²) in [5.74, 6) is 0.251. The van der Waals surface area contributed by atoms with E-state index in [2.05, 4.69) is 16.7 Å². The van der Waals surface area contributed by atoms with E-state index in [-0.39, 0.29) is 19.0 Å². The Morgan fingerprint density at radius 2 is 1.35 bits per heavy atom. The lowest BCUT2D eigenvalue weighted by Crippen LogP contribution is -2.20. The molecule has 0 fully saturated rings. The highest BCUT2D eigenvalue weighted by Crippen LogP contribution is 2.44. The molecule has 0 aliphatic heterocycles. The first kappa shape index (κ1) is 18.4. The number of benzene rings is 2. The Bertz CT molecular complexity index is 774. The number of allylic oxidation sites excluding steroid dienone is 2. The van der Waals surface area contributed by atoms with Gasteiger partial charge in [-0.15, -0.1) is 0 Å². The number of hydrogen-bond donors (Lipinski definition) is 6. The molecule has 1 aliphatic carbocycles. The molecular weight excluding hydrogens is 332 g/mol. The van der Waals surface area contributed by atoms with Gasteiger partial charge >= 0.3 is 0 Å². The second kappa shape index (κ2) is 8.33. The molecular formula is C20H24N2O4. The summed E-state index contributed by atoms with van der Waals surface area (Å²) in [7, 11) is 0. The van der Waals surface area contributed by atoms with Crippen molar-refractivity contribution in [2.45, 2.75) is 24.9 Å². The minimum absolute atomic E-state index is 0.0734. The summed E-state index contributed by atoms with van der Waals surface area (Å²) >= 11 is 0. The van der Waals surface area contributed by atoms with Crippen molar-refractivity contribution in [3.63, 3.8) is 0 Å². The van der Waals surface area contributed by atoms with Crippen LogP contribution in [0.25, 0.3) is 5.57 Å². The maximum Gasteiger partial charge on any atom is 0.169 e. The Morgan fingerprint density at radius 1 is 0.808 bits per heavy atom. The van der Waals surface area contributed by atoms with Gasteiger partial charge in [-0.3, -0.25) is 0 Å². The summed E-state index contributed by atoms with van der Waals surface area (Å²) < 4.78 is 0. The molecule has 2 aromatic carbocycles. The van der Waals surface area contributed by atoms with Crippen molar-refractivity contribution in [3.8, 4) is 0 Å². The minimum atomic E-state index is -1.40. The largest absolute Gasteiger partial charge is 0.380 e. The molecule has 1 aliphatic rings. The fraction of sp³-hybridized carbons (Fsp3) is 0.300. The molecule has 6 nitrogen and oxygen atoms in total. The molecule has 0 bridgehead atoms. The van der Waals surface area contributed by atoms with Crippen LogP contribution in [0.4, 0.5) is 11.4 Å². The third kappa shape index (κ3) is 4.42. The zero-order valence-corrected chi connectivity index (χ0v) is 14.3. The zero-order valence-electron chi connectivity index (χ0n) is 14.3. The third-order valence-corrected chi connectivity index (χ3v) is 4.43. The number of anilines is 2. The maximum atomic E-state index is 9.06. The van der Waals surface area contributed by atoms with Crippen molar-refractivity contribution in [2.24, 2.45) is 0 Å². The number of nitrogens with one attached hydrogen (secondary N) is 2. The van der Waals surface area contributed by atoms with Crippen molar-refractivity contribution in [1.29, 1.82) is 0 Å². The van der Waals surface area contributed by atoms with Crippen LogP contribution in [0.1, 0.15) is 23.5 Å². The number of aliphatic hydroxyl groups excluding tert-OH is 2. The van der Waals surface area contributed by atoms with E-state index in [1.54, 1.807) is 0 Å². The number of para-hydroxylation sites is 2. The lowest BCUT2D eigenvalue weighted by atomic mass is 9.77. The molecule has 3 rings (SSSR count). The van der Waals surface area contributed by atoms with Gasteiger partial charge in [0.1, 0.15) is 0 Å². The standard InChI is InChI=1S/C20H24N2O4/c23-19(24)11-21-17-7-3-1-5-15(17)13-9-14(10-13)16-6-2-4-8-18(16)22-12-20(25)26/h1-9,13,19-26H,10-12H2. The van der Waals surface area contributed by atoms with Crippen molar-refractivity contribution < 1.29 is 20.4 Å². The van der Waals surface area contributed by atoms with Gasteiger partial charge in [-0.2, -0.15) is 0 Å². The first-order valence-corrected chi connectivity index (χ1v) is 8.63. The molecule has 1 unspecified atom stereocenters. The van der Waals surface area contributed by atoms with E-state index in [1.165, 1.54) is 5.57 Å². The van der Waals surface area contributed by atoms with E-state index in [0.29, 0.717) is 0 Å². The van der Waals surface area contributed by atoms with E-state index in [1.807, 2.05) is 48.5 Å². The fourth-order valence-corrected chi connectivity index (χ4v) is 3.15. The van der Waals surface area contributed by atoms with E-state index in [4.69, 9.17) is 20.4 Å². The molecule has 2 aromatic rings. The summed E-state index contributed by atoms with van der Waals surface area (Å²) in [5, 5.41) is 42.4. The second-order valence-corrected chi connectivity index (χ2v) is 6.36. The molecule has 26 heavy (non-hydrogen) atoms. The van der Waals surface area contributed by atoms with Crippen molar-refractivity contribution >= 4 is 16.9 Å². The van der Waals surface area contributed by atoms with Crippen molar-refractivity contribution in [1.82, 2.24) is 0 Å². The lowest BCUT2D eigenvalue weighted by Gasteiger charge is -2.29. The van der Waals surface area contributed by atoms with Crippen LogP contribution in [0.15, 0.2) is 54.6 Å². The first-order valence-electron chi connectivity index (χ1n) is 8.63. The zero-order chi connectivity index (χ0) is 18.5. The van der Waals surface area contributed by atoms with Gasteiger partial charge in [0, 0.05) is 22.9 Å². The Kier molecular flexibility index (Phi) is 5.90. The highest BCUT2D eigenvalue weighted by Gasteiger charge is 2.25. The number of hydrogen-bond acceptors (Lipinski definition) is 6. The smallest absolute Gasteiger partial charge is 0.169 e. The van der Waals surface area contributed by atoms with Gasteiger partial charge in [0.25, 0.3) is 0 Å². The van der Waals surface area contributed by atoms with Gasteiger partial charge in [-0.05, 0) is 29.7 Å². The molecule has 138 valence electrons. The molecule has 0 aromatic heterocycles. The van der Waals surface area contributed by atoms with Crippen LogP contribution in [0, 0.1) is 0 Å². The van der Waals surface area contributed by atoms with Crippen LogP contribution >= 0.6 is 0 Å². The molecule has 0 saturated carbocycles. The minimum Gasteiger partial charge on any atom is -0.380 e. The van der Waals surface area contributed by atoms with Crippen LogP contribution in [0.2, 0.25) is 0 Å². The molecule has 6 heteroatoms. The van der Waals surface area contributed by atoms with E-state index in [0.717, 1.165) is 28.9 Å². The molecule has 0 radical (unpaired) electrons. The van der Waals surface area contributed by atoms with Gasteiger partial charge < -0.3 is 31.1 Å². The second-order valence-electron chi connectivity index (χ2n) is 6.36. The Balaban J connectivity index is 1.76. The first-order chi connectivity index (χ1) is 12.5. The topological polar surface area (TPSA) is 105 Å². The Morgan fingerprint density at radius 3 is 2.00 bits per heavy atom. The molecule has 0 amide bonds. The average molecular weight is 356 g/mol.